The fraction of sp³-hybridized carbons (Fsp3) is 0.500. The molecule has 2 rings (SSSR count). The summed E-state index contributed by atoms with van der Waals surface area (Å²) in [6.07, 6.45) is 1.58. The van der Waals surface area contributed by atoms with Crippen LogP contribution < -0.4 is 0 Å². The highest BCUT2D eigenvalue weighted by atomic mass is 19.1. The Morgan fingerprint density at radius 3 is 2.60 bits per heavy atom. The zero-order valence-corrected chi connectivity index (χ0v) is 9.45. The first-order valence-corrected chi connectivity index (χ1v) is 5.05. The first-order chi connectivity index (χ1) is 7.22. The molecule has 0 unspecified atom stereocenters. The molecule has 2 aromatic heterocycles. The molecule has 0 aliphatic heterocycles. The van der Waals surface area contributed by atoms with Crippen LogP contribution >= 0.6 is 0 Å². The van der Waals surface area contributed by atoms with E-state index in [9.17, 15) is 4.39 Å². The number of hydrogen-bond acceptors (Lipinski definition) is 3. The van der Waals surface area contributed by atoms with Gasteiger partial charge in [0.25, 0.3) is 0 Å². The number of imidazole rings is 1. The second-order valence-corrected chi connectivity index (χ2v) is 2.82. The van der Waals surface area contributed by atoms with Crippen molar-refractivity contribution in [1.82, 2.24) is 19.5 Å². The summed E-state index contributed by atoms with van der Waals surface area (Å²) in [5.41, 5.74) is 1.89. The largest absolute Gasteiger partial charge is 0.318 e. The van der Waals surface area contributed by atoms with Gasteiger partial charge in [0.05, 0.1) is 12.0 Å². The monoisotopic (exact) mass is 210 g/mol. The highest BCUT2D eigenvalue weighted by Crippen LogP contribution is 2.13. The average molecular weight is 210 g/mol. The van der Waals surface area contributed by atoms with Crippen molar-refractivity contribution in [3.05, 3.63) is 18.1 Å². The molecule has 15 heavy (non-hydrogen) atoms. The van der Waals surface area contributed by atoms with Crippen molar-refractivity contribution < 1.29 is 4.39 Å². The minimum atomic E-state index is -0.687. The Kier molecular flexibility index (Phi) is 3.71. The van der Waals surface area contributed by atoms with Crippen LogP contribution in [0.25, 0.3) is 11.2 Å². The maximum absolute atomic E-state index is 12.9. The van der Waals surface area contributed by atoms with Gasteiger partial charge in [-0.1, -0.05) is 20.8 Å². The molecule has 0 saturated heterocycles. The van der Waals surface area contributed by atoms with E-state index >= 15 is 0 Å². The average Bonchev–Trinajstić information content (AvgIpc) is 2.62. The summed E-state index contributed by atoms with van der Waals surface area (Å²) in [7, 11) is 1.78. The number of halogens is 1. The van der Waals surface area contributed by atoms with Crippen LogP contribution in [0.4, 0.5) is 4.39 Å². The van der Waals surface area contributed by atoms with Gasteiger partial charge in [0.2, 0.25) is 0 Å². The number of rotatable bonds is 1. The van der Waals surface area contributed by atoms with Gasteiger partial charge in [-0.05, 0) is 6.42 Å². The molecular weight excluding hydrogens is 195 g/mol. The molecule has 0 aliphatic carbocycles. The van der Waals surface area contributed by atoms with Crippen LogP contribution in [0.15, 0.2) is 6.33 Å². The third kappa shape index (κ3) is 2.11. The first kappa shape index (κ1) is 11.6. The molecular formula is C10H15FN4. The Balaban J connectivity index is 0.000000531. The van der Waals surface area contributed by atoms with E-state index in [0.717, 1.165) is 0 Å². The summed E-state index contributed by atoms with van der Waals surface area (Å²) in [4.78, 5) is 11.4. The van der Waals surface area contributed by atoms with Gasteiger partial charge in [-0.2, -0.15) is 9.37 Å². The molecule has 0 amide bonds. The Morgan fingerprint density at radius 1 is 1.33 bits per heavy atom. The molecule has 82 valence electrons. The second kappa shape index (κ2) is 4.82. The predicted molar refractivity (Wildman–Crippen MR) is 57.0 cm³/mol. The van der Waals surface area contributed by atoms with Crippen molar-refractivity contribution in [2.24, 2.45) is 7.05 Å². The van der Waals surface area contributed by atoms with E-state index in [1.54, 1.807) is 17.9 Å². The minimum absolute atomic E-state index is 0.546. The molecule has 0 bridgehead atoms. The van der Waals surface area contributed by atoms with E-state index < -0.39 is 6.08 Å². The maximum Gasteiger partial charge on any atom is 0.310 e. The summed E-state index contributed by atoms with van der Waals surface area (Å²) in [5.74, 6) is 0. The topological polar surface area (TPSA) is 43.6 Å². The van der Waals surface area contributed by atoms with Crippen LogP contribution in [0.3, 0.4) is 0 Å². The third-order valence-electron chi connectivity index (χ3n) is 1.94. The molecule has 0 atom stereocenters. The van der Waals surface area contributed by atoms with Crippen LogP contribution in [0.1, 0.15) is 26.5 Å². The fourth-order valence-electron chi connectivity index (χ4n) is 1.28. The van der Waals surface area contributed by atoms with Gasteiger partial charge in [0.1, 0.15) is 5.52 Å². The lowest BCUT2D eigenvalue weighted by Gasteiger charge is -1.97. The van der Waals surface area contributed by atoms with Crippen LogP contribution in [0, 0.1) is 6.08 Å². The van der Waals surface area contributed by atoms with Gasteiger partial charge in [-0.15, -0.1) is 0 Å². The van der Waals surface area contributed by atoms with Gasteiger partial charge < -0.3 is 4.57 Å². The SMILES string of the molecule is CC.CCc1nc(F)nc2c1ncn2C. The lowest BCUT2D eigenvalue weighted by molar-refractivity contribution is 0.537. The summed E-state index contributed by atoms with van der Waals surface area (Å²) in [6.45, 7) is 5.91. The van der Waals surface area contributed by atoms with Crippen LogP contribution in [0.5, 0.6) is 0 Å². The van der Waals surface area contributed by atoms with Gasteiger partial charge in [-0.3, -0.25) is 0 Å². The van der Waals surface area contributed by atoms with E-state index in [1.807, 2.05) is 20.8 Å². The first-order valence-electron chi connectivity index (χ1n) is 5.05. The van der Waals surface area contributed by atoms with E-state index in [1.165, 1.54) is 0 Å². The Hall–Kier alpha value is -1.52. The molecule has 2 heterocycles. The van der Waals surface area contributed by atoms with Gasteiger partial charge in [0.15, 0.2) is 5.65 Å². The fourth-order valence-corrected chi connectivity index (χ4v) is 1.28. The van der Waals surface area contributed by atoms with Crippen molar-refractivity contribution in [2.45, 2.75) is 27.2 Å². The Bertz CT molecular complexity index is 450. The zero-order valence-electron chi connectivity index (χ0n) is 9.45. The molecule has 0 aromatic carbocycles. The van der Waals surface area contributed by atoms with Crippen LogP contribution in [-0.2, 0) is 13.5 Å². The van der Waals surface area contributed by atoms with Crippen molar-refractivity contribution in [2.75, 3.05) is 0 Å². The van der Waals surface area contributed by atoms with E-state index in [-0.39, 0.29) is 0 Å². The van der Waals surface area contributed by atoms with Crippen molar-refractivity contribution in [3.8, 4) is 0 Å². The quantitative estimate of drug-likeness (QED) is 0.677. The Labute approximate surface area is 88.2 Å². The molecule has 5 heteroatoms. The Morgan fingerprint density at radius 2 is 2.00 bits per heavy atom. The predicted octanol–water partition coefficient (Wildman–Crippen LogP) is 2.09. The highest BCUT2D eigenvalue weighted by Gasteiger charge is 2.09. The molecule has 2 aromatic rings. The molecule has 0 spiro atoms. The molecule has 0 radical (unpaired) electrons. The third-order valence-corrected chi connectivity index (χ3v) is 1.94. The maximum atomic E-state index is 12.9. The minimum Gasteiger partial charge on any atom is -0.318 e. The lowest BCUT2D eigenvalue weighted by Crippen LogP contribution is -1.98. The molecule has 0 fully saturated rings. The van der Waals surface area contributed by atoms with Crippen molar-refractivity contribution in [1.29, 1.82) is 0 Å². The van der Waals surface area contributed by atoms with Crippen LogP contribution in [-0.4, -0.2) is 19.5 Å². The van der Waals surface area contributed by atoms with E-state index in [2.05, 4.69) is 15.0 Å². The molecule has 0 aliphatic rings. The number of nitrogens with zero attached hydrogens (tertiary/aromatic N) is 4. The zero-order chi connectivity index (χ0) is 11.4. The second-order valence-electron chi connectivity index (χ2n) is 2.82. The summed E-state index contributed by atoms with van der Waals surface area (Å²) >= 11 is 0. The number of fused-ring (bicyclic) bond motifs is 1. The van der Waals surface area contributed by atoms with Crippen molar-refractivity contribution in [3.63, 3.8) is 0 Å². The van der Waals surface area contributed by atoms with Gasteiger partial charge in [-0.25, -0.2) is 9.97 Å². The molecule has 0 N–H and O–H groups in total. The number of hydrogen-bond donors (Lipinski definition) is 0. The summed E-state index contributed by atoms with van der Waals surface area (Å²) < 4.78 is 14.6. The standard InChI is InChI=1S/C8H9FN4.C2H6/c1-3-5-6-7(12-8(9)11-5)13(2)4-10-6;1-2/h4H,3H2,1-2H3;1-2H3. The smallest absolute Gasteiger partial charge is 0.310 e. The molecule has 4 nitrogen and oxygen atoms in total. The van der Waals surface area contributed by atoms with Crippen LogP contribution in [0.2, 0.25) is 0 Å². The molecule has 0 saturated carbocycles. The normalized spacial score (nSPS) is 9.93. The van der Waals surface area contributed by atoms with Crippen molar-refractivity contribution >= 4 is 11.2 Å². The van der Waals surface area contributed by atoms with Gasteiger partial charge >= 0.3 is 6.08 Å². The number of aromatic nitrogens is 4. The van der Waals surface area contributed by atoms with E-state index in [0.29, 0.717) is 23.3 Å². The lowest BCUT2D eigenvalue weighted by atomic mass is 10.3. The van der Waals surface area contributed by atoms with E-state index in [4.69, 9.17) is 0 Å². The number of aryl methyl sites for hydroxylation is 2. The summed E-state index contributed by atoms with van der Waals surface area (Å²) in [6, 6.07) is 0. The summed E-state index contributed by atoms with van der Waals surface area (Å²) in [5, 5.41) is 0. The highest BCUT2D eigenvalue weighted by molar-refractivity contribution is 5.72. The van der Waals surface area contributed by atoms with Gasteiger partial charge in [0, 0.05) is 7.05 Å².